The Bertz CT molecular complexity index is 898. The Morgan fingerprint density at radius 1 is 0.963 bits per heavy atom. The lowest BCUT2D eigenvalue weighted by molar-refractivity contribution is 0.306. The normalized spacial score (nSPS) is 10.7. The predicted octanol–water partition coefficient (Wildman–Crippen LogP) is 5.05. The van der Waals surface area contributed by atoms with Crippen molar-refractivity contribution in [2.24, 2.45) is 5.10 Å². The van der Waals surface area contributed by atoms with Crippen LogP contribution in [-0.2, 0) is 13.2 Å². The molecule has 0 atom stereocenters. The van der Waals surface area contributed by atoms with Crippen LogP contribution in [0.4, 0.5) is 0 Å². The van der Waals surface area contributed by atoms with Crippen LogP contribution in [0.1, 0.15) is 16.7 Å². The second-order valence-corrected chi connectivity index (χ2v) is 6.30. The predicted molar refractivity (Wildman–Crippen MR) is 110 cm³/mol. The van der Waals surface area contributed by atoms with E-state index < -0.39 is 0 Å². The van der Waals surface area contributed by atoms with Crippen LogP contribution in [0.25, 0.3) is 0 Å². The van der Waals surface area contributed by atoms with E-state index in [9.17, 15) is 0 Å². The first-order valence-corrected chi connectivity index (χ1v) is 8.98. The maximum Gasteiger partial charge on any atom is 0.128 e. The van der Waals surface area contributed by atoms with E-state index >= 15 is 0 Å². The zero-order chi connectivity index (χ0) is 18.9. The molecule has 0 radical (unpaired) electrons. The molecule has 138 valence electrons. The first-order chi connectivity index (χ1) is 13.3. The van der Waals surface area contributed by atoms with Gasteiger partial charge in [-0.1, -0.05) is 60.1 Å². The van der Waals surface area contributed by atoms with Gasteiger partial charge in [0.05, 0.1) is 19.9 Å². The fourth-order valence-electron chi connectivity index (χ4n) is 2.58. The van der Waals surface area contributed by atoms with Gasteiger partial charge in [0.2, 0.25) is 0 Å². The monoisotopic (exact) mass is 380 g/mol. The highest BCUT2D eigenvalue weighted by Crippen LogP contribution is 2.22. The van der Waals surface area contributed by atoms with Gasteiger partial charge in [-0.3, -0.25) is 0 Å². The van der Waals surface area contributed by atoms with Crippen LogP contribution >= 0.6 is 11.6 Å². The number of ether oxygens (including phenoxy) is 2. The molecular weight excluding hydrogens is 360 g/mol. The smallest absolute Gasteiger partial charge is 0.128 e. The summed E-state index contributed by atoms with van der Waals surface area (Å²) in [6.07, 6.45) is 1.71. The molecule has 3 aromatic carbocycles. The number of halogens is 1. The lowest BCUT2D eigenvalue weighted by Crippen LogP contribution is -2.07. The number of methoxy groups -OCH3 is 1. The van der Waals surface area contributed by atoms with Gasteiger partial charge < -0.3 is 14.9 Å². The second-order valence-electron chi connectivity index (χ2n) is 5.86. The maximum absolute atomic E-state index is 6.13. The molecule has 0 saturated carbocycles. The molecule has 1 N–H and O–H groups in total. The van der Waals surface area contributed by atoms with Crippen molar-refractivity contribution in [3.63, 3.8) is 0 Å². The summed E-state index contributed by atoms with van der Waals surface area (Å²) in [5.41, 5.74) is 5.98. The highest BCUT2D eigenvalue weighted by atomic mass is 35.5. The minimum atomic E-state index is 0.484. The van der Waals surface area contributed by atoms with Gasteiger partial charge in [0, 0.05) is 16.1 Å². The van der Waals surface area contributed by atoms with Crippen LogP contribution in [-0.4, -0.2) is 13.3 Å². The molecule has 0 unspecified atom stereocenters. The molecule has 4 nitrogen and oxygen atoms in total. The van der Waals surface area contributed by atoms with E-state index in [4.69, 9.17) is 21.1 Å². The standard InChI is InChI=1S/C22H21ClN2O2/c1-26-21-10-6-5-9-18(21)14-24-25-15-19-13-20(23)11-12-22(19)27-16-17-7-3-2-4-8-17/h2-13,15,24H,14,16H2,1H3/b25-15-. The number of nitrogens with zero attached hydrogens (tertiary/aromatic N) is 1. The number of nitrogens with one attached hydrogen (secondary N) is 1. The van der Waals surface area contributed by atoms with Crippen LogP contribution in [0.5, 0.6) is 11.5 Å². The van der Waals surface area contributed by atoms with Crippen molar-refractivity contribution in [3.8, 4) is 11.5 Å². The first kappa shape index (κ1) is 18.8. The molecule has 3 aromatic rings. The van der Waals surface area contributed by atoms with Crippen molar-refractivity contribution in [2.75, 3.05) is 7.11 Å². The Kier molecular flexibility index (Phi) is 6.72. The number of rotatable bonds is 8. The molecule has 0 aromatic heterocycles. The van der Waals surface area contributed by atoms with E-state index in [-0.39, 0.29) is 0 Å². The number of hydrogen-bond acceptors (Lipinski definition) is 4. The van der Waals surface area contributed by atoms with E-state index in [1.807, 2.05) is 72.8 Å². The maximum atomic E-state index is 6.13. The second kappa shape index (κ2) is 9.64. The summed E-state index contributed by atoms with van der Waals surface area (Å²) in [6, 6.07) is 23.3. The van der Waals surface area contributed by atoms with E-state index in [1.165, 1.54) is 0 Å². The Labute approximate surface area is 164 Å². The van der Waals surface area contributed by atoms with Crippen molar-refractivity contribution in [1.29, 1.82) is 0 Å². The highest BCUT2D eigenvalue weighted by molar-refractivity contribution is 6.30. The van der Waals surface area contributed by atoms with Crippen LogP contribution < -0.4 is 14.9 Å². The molecule has 5 heteroatoms. The summed E-state index contributed by atoms with van der Waals surface area (Å²) in [6.45, 7) is 1.04. The number of benzene rings is 3. The number of hydrogen-bond donors (Lipinski definition) is 1. The average molecular weight is 381 g/mol. The Morgan fingerprint density at radius 3 is 2.56 bits per heavy atom. The lowest BCUT2D eigenvalue weighted by Gasteiger charge is -2.10. The topological polar surface area (TPSA) is 42.8 Å². The van der Waals surface area contributed by atoms with Crippen molar-refractivity contribution in [1.82, 2.24) is 5.43 Å². The summed E-state index contributed by atoms with van der Waals surface area (Å²) in [7, 11) is 1.66. The summed E-state index contributed by atoms with van der Waals surface area (Å²) in [5, 5.41) is 4.93. The van der Waals surface area contributed by atoms with Crippen molar-refractivity contribution in [2.45, 2.75) is 13.2 Å². The van der Waals surface area contributed by atoms with Gasteiger partial charge in [0.25, 0.3) is 0 Å². The largest absolute Gasteiger partial charge is 0.496 e. The minimum absolute atomic E-state index is 0.484. The molecule has 0 aliphatic heterocycles. The fourth-order valence-corrected chi connectivity index (χ4v) is 2.76. The van der Waals surface area contributed by atoms with Gasteiger partial charge in [0.1, 0.15) is 18.1 Å². The van der Waals surface area contributed by atoms with Gasteiger partial charge in [-0.2, -0.15) is 5.10 Å². The van der Waals surface area contributed by atoms with Gasteiger partial charge in [-0.25, -0.2) is 0 Å². The molecule has 0 spiro atoms. The Balaban J connectivity index is 1.64. The van der Waals surface area contributed by atoms with Gasteiger partial charge >= 0.3 is 0 Å². The number of para-hydroxylation sites is 1. The average Bonchev–Trinajstić information content (AvgIpc) is 2.71. The van der Waals surface area contributed by atoms with Crippen LogP contribution in [0, 0.1) is 0 Å². The third-order valence-corrected chi connectivity index (χ3v) is 4.20. The zero-order valence-electron chi connectivity index (χ0n) is 15.1. The third-order valence-electron chi connectivity index (χ3n) is 3.97. The molecule has 0 bridgehead atoms. The van der Waals surface area contributed by atoms with E-state index in [2.05, 4.69) is 10.5 Å². The Hall–Kier alpha value is -2.98. The lowest BCUT2D eigenvalue weighted by atomic mass is 10.2. The number of hydrazone groups is 1. The molecule has 27 heavy (non-hydrogen) atoms. The highest BCUT2D eigenvalue weighted by Gasteiger charge is 2.04. The van der Waals surface area contributed by atoms with Crippen LogP contribution in [0.2, 0.25) is 5.02 Å². The zero-order valence-corrected chi connectivity index (χ0v) is 15.8. The van der Waals surface area contributed by atoms with Crippen LogP contribution in [0.3, 0.4) is 0 Å². The van der Waals surface area contributed by atoms with Gasteiger partial charge in [-0.05, 0) is 29.8 Å². The minimum Gasteiger partial charge on any atom is -0.496 e. The summed E-state index contributed by atoms with van der Waals surface area (Å²) < 4.78 is 11.3. The van der Waals surface area contributed by atoms with E-state index in [1.54, 1.807) is 13.3 Å². The molecule has 0 aliphatic carbocycles. The molecule has 0 heterocycles. The summed E-state index contributed by atoms with van der Waals surface area (Å²) >= 11 is 6.13. The molecule has 0 fully saturated rings. The summed E-state index contributed by atoms with van der Waals surface area (Å²) in [4.78, 5) is 0. The van der Waals surface area contributed by atoms with E-state index in [0.29, 0.717) is 18.2 Å². The molecule has 0 saturated heterocycles. The molecule has 0 aliphatic rings. The van der Waals surface area contributed by atoms with Gasteiger partial charge in [0.15, 0.2) is 0 Å². The quantitative estimate of drug-likeness (QED) is 0.439. The van der Waals surface area contributed by atoms with Crippen molar-refractivity contribution in [3.05, 3.63) is 94.5 Å². The SMILES string of the molecule is COc1ccccc1CN/N=C\c1cc(Cl)ccc1OCc1ccccc1. The molecule has 0 amide bonds. The van der Waals surface area contributed by atoms with Gasteiger partial charge in [-0.15, -0.1) is 0 Å². The van der Waals surface area contributed by atoms with Crippen molar-refractivity contribution >= 4 is 17.8 Å². The molecule has 3 rings (SSSR count). The Morgan fingerprint density at radius 2 is 1.74 bits per heavy atom. The first-order valence-electron chi connectivity index (χ1n) is 8.60. The van der Waals surface area contributed by atoms with Crippen molar-refractivity contribution < 1.29 is 9.47 Å². The van der Waals surface area contributed by atoms with E-state index in [0.717, 1.165) is 28.2 Å². The van der Waals surface area contributed by atoms with Crippen LogP contribution in [0.15, 0.2) is 77.9 Å². The molecular formula is C22H21ClN2O2. The fraction of sp³-hybridized carbons (Fsp3) is 0.136. The summed E-state index contributed by atoms with van der Waals surface area (Å²) in [5.74, 6) is 1.56. The third kappa shape index (κ3) is 5.50.